The summed E-state index contributed by atoms with van der Waals surface area (Å²) in [6.07, 6.45) is 3.60. The number of nitrogens with one attached hydrogen (secondary N) is 1. The third-order valence-electron chi connectivity index (χ3n) is 3.28. The Morgan fingerprint density at radius 3 is 2.80 bits per heavy atom. The van der Waals surface area contributed by atoms with Gasteiger partial charge < -0.3 is 10.1 Å². The zero-order chi connectivity index (χ0) is 14.5. The minimum atomic E-state index is -0.0164. The highest BCUT2D eigenvalue weighted by Gasteiger charge is 2.23. The van der Waals surface area contributed by atoms with Gasteiger partial charge in [0.2, 0.25) is 0 Å². The molecule has 0 aromatic carbocycles. The Morgan fingerprint density at radius 1 is 1.40 bits per heavy atom. The third-order valence-corrected chi connectivity index (χ3v) is 3.28. The van der Waals surface area contributed by atoms with Crippen molar-refractivity contribution < 1.29 is 4.74 Å². The summed E-state index contributed by atoms with van der Waals surface area (Å²) < 4.78 is 7.41. The molecule has 5 nitrogen and oxygen atoms in total. The van der Waals surface area contributed by atoms with Gasteiger partial charge in [-0.1, -0.05) is 6.92 Å². The van der Waals surface area contributed by atoms with E-state index in [9.17, 15) is 0 Å². The molecule has 108 valence electrons. The van der Waals surface area contributed by atoms with E-state index < -0.39 is 0 Å². The molecule has 1 unspecified atom stereocenters. The number of hydrogen-bond donors (Lipinski definition) is 1. The lowest BCUT2D eigenvalue weighted by Crippen LogP contribution is -2.26. The van der Waals surface area contributed by atoms with E-state index in [-0.39, 0.29) is 6.04 Å². The van der Waals surface area contributed by atoms with Crippen LogP contribution in [0, 0.1) is 6.92 Å². The summed E-state index contributed by atoms with van der Waals surface area (Å²) in [6, 6.07) is 4.08. The molecule has 0 aliphatic heterocycles. The maximum atomic E-state index is 5.46. The van der Waals surface area contributed by atoms with Crippen molar-refractivity contribution in [2.45, 2.75) is 33.4 Å². The lowest BCUT2D eigenvalue weighted by molar-refractivity contribution is 0.398. The molecular formula is C15H22N4O. The maximum Gasteiger partial charge on any atom is 0.161 e. The van der Waals surface area contributed by atoms with E-state index in [0.717, 1.165) is 30.2 Å². The van der Waals surface area contributed by atoms with E-state index in [1.165, 1.54) is 5.56 Å². The Morgan fingerprint density at radius 2 is 2.20 bits per heavy atom. The second kappa shape index (κ2) is 6.52. The van der Waals surface area contributed by atoms with Gasteiger partial charge in [0.15, 0.2) is 5.75 Å². The monoisotopic (exact) mass is 274 g/mol. The van der Waals surface area contributed by atoms with Crippen molar-refractivity contribution in [1.29, 1.82) is 0 Å². The molecule has 2 heterocycles. The number of pyridine rings is 1. The van der Waals surface area contributed by atoms with Crippen molar-refractivity contribution in [2.24, 2.45) is 0 Å². The van der Waals surface area contributed by atoms with Gasteiger partial charge in [0.25, 0.3) is 0 Å². The van der Waals surface area contributed by atoms with Gasteiger partial charge >= 0.3 is 0 Å². The minimum absolute atomic E-state index is 0.0164. The lowest BCUT2D eigenvalue weighted by atomic mass is 10.1. The average Bonchev–Trinajstić information content (AvgIpc) is 2.87. The highest BCUT2D eigenvalue weighted by atomic mass is 16.5. The van der Waals surface area contributed by atoms with Crippen LogP contribution in [0.15, 0.2) is 24.5 Å². The van der Waals surface area contributed by atoms with E-state index in [4.69, 9.17) is 4.74 Å². The largest absolute Gasteiger partial charge is 0.493 e. The number of rotatable bonds is 6. The average molecular weight is 274 g/mol. The molecule has 0 aliphatic carbocycles. The van der Waals surface area contributed by atoms with Gasteiger partial charge in [-0.3, -0.25) is 9.67 Å². The zero-order valence-corrected chi connectivity index (χ0v) is 12.6. The van der Waals surface area contributed by atoms with Crippen molar-refractivity contribution in [1.82, 2.24) is 20.1 Å². The van der Waals surface area contributed by atoms with E-state index in [1.807, 2.05) is 16.9 Å². The Balaban J connectivity index is 2.50. The van der Waals surface area contributed by atoms with Gasteiger partial charge in [-0.15, -0.1) is 0 Å². The van der Waals surface area contributed by atoms with Crippen LogP contribution < -0.4 is 10.1 Å². The zero-order valence-electron chi connectivity index (χ0n) is 12.6. The summed E-state index contributed by atoms with van der Waals surface area (Å²) in [4.78, 5) is 4.51. The smallest absolute Gasteiger partial charge is 0.161 e. The van der Waals surface area contributed by atoms with Crippen LogP contribution in [0.25, 0.3) is 0 Å². The topological polar surface area (TPSA) is 52.0 Å². The fraction of sp³-hybridized carbons (Fsp3) is 0.467. The molecule has 0 saturated carbocycles. The molecule has 0 amide bonds. The third kappa shape index (κ3) is 2.82. The molecule has 2 aromatic heterocycles. The predicted octanol–water partition coefficient (Wildman–Crippen LogP) is 2.31. The molecular weight excluding hydrogens is 252 g/mol. The molecule has 1 N–H and O–H groups in total. The van der Waals surface area contributed by atoms with Gasteiger partial charge in [-0.25, -0.2) is 0 Å². The first kappa shape index (κ1) is 14.5. The standard InChI is InChI=1S/C15H22N4O/c1-5-16-14(12-9-11(3)7-8-17-12)15-13(20-4)10-18-19(15)6-2/h7-10,14,16H,5-6H2,1-4H3. The van der Waals surface area contributed by atoms with Crippen LogP contribution in [-0.4, -0.2) is 28.4 Å². The van der Waals surface area contributed by atoms with E-state index >= 15 is 0 Å². The Bertz CT molecular complexity index is 543. The van der Waals surface area contributed by atoms with Crippen molar-refractivity contribution in [3.63, 3.8) is 0 Å². The first-order valence-corrected chi connectivity index (χ1v) is 6.96. The van der Waals surface area contributed by atoms with Crippen LogP contribution in [-0.2, 0) is 6.54 Å². The summed E-state index contributed by atoms with van der Waals surface area (Å²) in [5, 5.41) is 7.86. The van der Waals surface area contributed by atoms with E-state index in [0.29, 0.717) is 0 Å². The molecule has 0 saturated heterocycles. The molecule has 2 rings (SSSR count). The highest BCUT2D eigenvalue weighted by Crippen LogP contribution is 2.29. The molecule has 0 radical (unpaired) electrons. The molecule has 0 spiro atoms. The molecule has 0 bridgehead atoms. The quantitative estimate of drug-likeness (QED) is 0.878. The summed E-state index contributed by atoms with van der Waals surface area (Å²) >= 11 is 0. The first-order valence-electron chi connectivity index (χ1n) is 6.96. The Hall–Kier alpha value is -1.88. The highest BCUT2D eigenvalue weighted by molar-refractivity contribution is 5.34. The Kier molecular flexibility index (Phi) is 4.74. The first-order chi connectivity index (χ1) is 9.71. The number of hydrogen-bond acceptors (Lipinski definition) is 4. The number of methoxy groups -OCH3 is 1. The summed E-state index contributed by atoms with van der Waals surface area (Å²) in [7, 11) is 1.67. The van der Waals surface area contributed by atoms with Crippen LogP contribution >= 0.6 is 0 Å². The van der Waals surface area contributed by atoms with Crippen LogP contribution in [0.5, 0.6) is 5.75 Å². The maximum absolute atomic E-state index is 5.46. The van der Waals surface area contributed by atoms with Crippen molar-refractivity contribution in [3.8, 4) is 5.75 Å². The fourth-order valence-corrected chi connectivity index (χ4v) is 2.34. The van der Waals surface area contributed by atoms with Crippen molar-refractivity contribution >= 4 is 0 Å². The normalized spacial score (nSPS) is 12.4. The number of aryl methyl sites for hydroxylation is 2. The molecule has 0 fully saturated rings. The summed E-state index contributed by atoms with van der Waals surface area (Å²) in [5.41, 5.74) is 3.20. The van der Waals surface area contributed by atoms with Crippen molar-refractivity contribution in [2.75, 3.05) is 13.7 Å². The van der Waals surface area contributed by atoms with Gasteiger partial charge in [0, 0.05) is 12.7 Å². The molecule has 0 aliphatic rings. The van der Waals surface area contributed by atoms with E-state index in [1.54, 1.807) is 13.3 Å². The van der Waals surface area contributed by atoms with Crippen LogP contribution in [0.3, 0.4) is 0 Å². The van der Waals surface area contributed by atoms with Gasteiger partial charge in [0.1, 0.15) is 5.69 Å². The molecule has 5 heteroatoms. The van der Waals surface area contributed by atoms with Crippen molar-refractivity contribution in [3.05, 3.63) is 41.5 Å². The lowest BCUT2D eigenvalue weighted by Gasteiger charge is -2.20. The number of nitrogens with zero attached hydrogens (tertiary/aromatic N) is 3. The molecule has 1 atom stereocenters. The SMILES string of the molecule is CCNC(c1cc(C)ccn1)c1c(OC)cnn1CC. The summed E-state index contributed by atoms with van der Waals surface area (Å²) in [6.45, 7) is 7.87. The van der Waals surface area contributed by atoms with Gasteiger partial charge in [-0.2, -0.15) is 5.10 Å². The molecule has 20 heavy (non-hydrogen) atoms. The Labute approximate surface area is 120 Å². The predicted molar refractivity (Wildman–Crippen MR) is 78.9 cm³/mol. The molecule has 2 aromatic rings. The van der Waals surface area contributed by atoms with Crippen LogP contribution in [0.4, 0.5) is 0 Å². The fourth-order valence-electron chi connectivity index (χ4n) is 2.34. The van der Waals surface area contributed by atoms with Crippen LogP contribution in [0.1, 0.15) is 36.8 Å². The van der Waals surface area contributed by atoms with Gasteiger partial charge in [0.05, 0.1) is 25.0 Å². The number of ether oxygens (including phenoxy) is 1. The van der Waals surface area contributed by atoms with Gasteiger partial charge in [-0.05, 0) is 38.1 Å². The second-order valence-corrected chi connectivity index (χ2v) is 4.66. The number of aromatic nitrogens is 3. The minimum Gasteiger partial charge on any atom is -0.493 e. The second-order valence-electron chi connectivity index (χ2n) is 4.66. The van der Waals surface area contributed by atoms with Crippen LogP contribution in [0.2, 0.25) is 0 Å². The summed E-state index contributed by atoms with van der Waals surface area (Å²) in [5.74, 6) is 0.793. The van der Waals surface area contributed by atoms with E-state index in [2.05, 4.69) is 42.2 Å².